The molecule has 0 saturated heterocycles. The minimum Gasteiger partial charge on any atom is -0.389 e. The lowest BCUT2D eigenvalue weighted by atomic mass is 10.1. The van der Waals surface area contributed by atoms with Crippen molar-refractivity contribution >= 4 is 44.5 Å². The van der Waals surface area contributed by atoms with E-state index in [2.05, 4.69) is 21.2 Å². The van der Waals surface area contributed by atoms with Crippen LogP contribution in [0.25, 0.3) is 0 Å². The average Bonchev–Trinajstić information content (AvgIpc) is 2.31. The second-order valence-electron chi connectivity index (χ2n) is 4.03. The molecular formula is C14H13BrN2S. The molecule has 0 aliphatic carbocycles. The zero-order chi connectivity index (χ0) is 13.1. The smallest absolute Gasteiger partial charge is 0.103 e. The normalized spacial score (nSPS) is 10.1. The Hall–Kier alpha value is -1.39. The van der Waals surface area contributed by atoms with Gasteiger partial charge >= 0.3 is 0 Å². The lowest BCUT2D eigenvalue weighted by molar-refractivity contribution is 1.42. The summed E-state index contributed by atoms with van der Waals surface area (Å²) in [6.07, 6.45) is 0. The number of anilines is 2. The Balaban J connectivity index is 2.27. The van der Waals surface area contributed by atoms with Crippen LogP contribution < -0.4 is 11.1 Å². The quantitative estimate of drug-likeness (QED) is 0.835. The number of hydrogen-bond donors (Lipinski definition) is 2. The summed E-state index contributed by atoms with van der Waals surface area (Å²) in [5.74, 6) is 0. The molecule has 2 rings (SSSR count). The summed E-state index contributed by atoms with van der Waals surface area (Å²) in [6.45, 7) is 2.03. The third-order valence-electron chi connectivity index (χ3n) is 2.61. The molecule has 0 spiro atoms. The van der Waals surface area contributed by atoms with Gasteiger partial charge in [-0.1, -0.05) is 34.2 Å². The molecule has 0 aliphatic rings. The van der Waals surface area contributed by atoms with Crippen molar-refractivity contribution in [2.75, 3.05) is 5.32 Å². The third-order valence-corrected chi connectivity index (χ3v) is 3.34. The largest absolute Gasteiger partial charge is 0.389 e. The molecule has 2 aromatic carbocycles. The lowest BCUT2D eigenvalue weighted by Gasteiger charge is -2.11. The van der Waals surface area contributed by atoms with E-state index in [4.69, 9.17) is 18.0 Å². The van der Waals surface area contributed by atoms with E-state index in [0.29, 0.717) is 4.99 Å². The minimum absolute atomic E-state index is 0.423. The molecule has 0 radical (unpaired) electrons. The van der Waals surface area contributed by atoms with E-state index in [1.54, 1.807) is 0 Å². The van der Waals surface area contributed by atoms with Gasteiger partial charge in [0.1, 0.15) is 4.99 Å². The number of benzene rings is 2. The first-order chi connectivity index (χ1) is 8.56. The van der Waals surface area contributed by atoms with Crippen molar-refractivity contribution in [1.29, 1.82) is 0 Å². The zero-order valence-electron chi connectivity index (χ0n) is 9.91. The van der Waals surface area contributed by atoms with Crippen molar-refractivity contribution in [3.8, 4) is 0 Å². The summed E-state index contributed by atoms with van der Waals surface area (Å²) in [6, 6.07) is 13.9. The van der Waals surface area contributed by atoms with Gasteiger partial charge in [-0.25, -0.2) is 0 Å². The van der Waals surface area contributed by atoms with Crippen LogP contribution in [0.2, 0.25) is 0 Å². The average molecular weight is 321 g/mol. The number of aryl methyl sites for hydroxylation is 1. The summed E-state index contributed by atoms with van der Waals surface area (Å²) in [5.41, 5.74) is 9.70. The number of rotatable bonds is 3. The molecule has 18 heavy (non-hydrogen) atoms. The van der Waals surface area contributed by atoms with Gasteiger partial charge < -0.3 is 11.1 Å². The van der Waals surface area contributed by atoms with Gasteiger partial charge in [-0.05, 0) is 48.9 Å². The fourth-order valence-corrected chi connectivity index (χ4v) is 2.21. The van der Waals surface area contributed by atoms with Crippen LogP contribution >= 0.6 is 28.1 Å². The first-order valence-electron chi connectivity index (χ1n) is 5.49. The van der Waals surface area contributed by atoms with Crippen molar-refractivity contribution in [3.63, 3.8) is 0 Å². The highest BCUT2D eigenvalue weighted by Crippen LogP contribution is 2.23. The first kappa shape index (κ1) is 13.1. The maximum Gasteiger partial charge on any atom is 0.103 e. The standard InChI is InChI=1S/C14H13BrN2S/c1-9-7-10(14(16)18)5-6-13(9)17-12-4-2-3-11(15)8-12/h2-8,17H,1H3,(H2,16,18). The van der Waals surface area contributed by atoms with Gasteiger partial charge in [0.25, 0.3) is 0 Å². The molecule has 2 aromatic rings. The van der Waals surface area contributed by atoms with Crippen molar-refractivity contribution in [3.05, 3.63) is 58.1 Å². The van der Waals surface area contributed by atoms with E-state index in [1.165, 1.54) is 0 Å². The molecule has 0 unspecified atom stereocenters. The van der Waals surface area contributed by atoms with Crippen LogP contribution in [0.4, 0.5) is 11.4 Å². The summed E-state index contributed by atoms with van der Waals surface area (Å²) < 4.78 is 1.05. The Morgan fingerprint density at radius 3 is 2.61 bits per heavy atom. The van der Waals surface area contributed by atoms with E-state index in [9.17, 15) is 0 Å². The summed E-state index contributed by atoms with van der Waals surface area (Å²) in [7, 11) is 0. The lowest BCUT2D eigenvalue weighted by Crippen LogP contribution is -2.09. The van der Waals surface area contributed by atoms with Gasteiger partial charge in [0, 0.05) is 21.4 Å². The maximum atomic E-state index is 5.61. The Morgan fingerprint density at radius 2 is 2.00 bits per heavy atom. The molecular weight excluding hydrogens is 308 g/mol. The van der Waals surface area contributed by atoms with Crippen LogP contribution in [0.3, 0.4) is 0 Å². The van der Waals surface area contributed by atoms with Crippen molar-refractivity contribution in [2.45, 2.75) is 6.92 Å². The van der Waals surface area contributed by atoms with Crippen LogP contribution in [-0.4, -0.2) is 4.99 Å². The van der Waals surface area contributed by atoms with Gasteiger partial charge in [0.05, 0.1) is 0 Å². The van der Waals surface area contributed by atoms with Crippen LogP contribution in [0, 0.1) is 6.92 Å². The van der Waals surface area contributed by atoms with Gasteiger partial charge in [0.2, 0.25) is 0 Å². The number of nitrogens with two attached hydrogens (primary N) is 1. The van der Waals surface area contributed by atoms with Gasteiger partial charge in [-0.2, -0.15) is 0 Å². The second-order valence-corrected chi connectivity index (χ2v) is 5.38. The first-order valence-corrected chi connectivity index (χ1v) is 6.69. The van der Waals surface area contributed by atoms with Crippen LogP contribution in [-0.2, 0) is 0 Å². The summed E-state index contributed by atoms with van der Waals surface area (Å²) >= 11 is 8.41. The van der Waals surface area contributed by atoms with Gasteiger partial charge in [-0.15, -0.1) is 0 Å². The predicted molar refractivity (Wildman–Crippen MR) is 84.5 cm³/mol. The molecule has 92 valence electrons. The molecule has 0 aromatic heterocycles. The number of halogens is 1. The molecule has 0 heterocycles. The Labute approximate surface area is 120 Å². The highest BCUT2D eigenvalue weighted by Gasteiger charge is 2.02. The number of thiocarbonyl (C=S) groups is 1. The van der Waals surface area contributed by atoms with Gasteiger partial charge in [0.15, 0.2) is 0 Å². The van der Waals surface area contributed by atoms with Gasteiger partial charge in [-0.3, -0.25) is 0 Å². The zero-order valence-corrected chi connectivity index (χ0v) is 12.3. The molecule has 0 amide bonds. The maximum absolute atomic E-state index is 5.61. The van der Waals surface area contributed by atoms with Crippen LogP contribution in [0.1, 0.15) is 11.1 Å². The number of hydrogen-bond acceptors (Lipinski definition) is 2. The van der Waals surface area contributed by atoms with E-state index in [1.807, 2.05) is 49.4 Å². The minimum atomic E-state index is 0.423. The fourth-order valence-electron chi connectivity index (χ4n) is 1.68. The highest BCUT2D eigenvalue weighted by atomic mass is 79.9. The molecule has 3 N–H and O–H groups in total. The Morgan fingerprint density at radius 1 is 1.22 bits per heavy atom. The van der Waals surface area contributed by atoms with E-state index in [0.717, 1.165) is 27.0 Å². The molecule has 4 heteroatoms. The highest BCUT2D eigenvalue weighted by molar-refractivity contribution is 9.10. The topological polar surface area (TPSA) is 38.0 Å². The summed E-state index contributed by atoms with van der Waals surface area (Å²) in [5, 5.41) is 3.37. The van der Waals surface area contributed by atoms with Crippen molar-refractivity contribution in [1.82, 2.24) is 0 Å². The predicted octanol–water partition coefficient (Wildman–Crippen LogP) is 4.14. The Kier molecular flexibility index (Phi) is 3.99. The molecule has 2 nitrogen and oxygen atoms in total. The van der Waals surface area contributed by atoms with E-state index >= 15 is 0 Å². The fraction of sp³-hybridized carbons (Fsp3) is 0.0714. The molecule has 0 saturated carbocycles. The number of nitrogens with one attached hydrogen (secondary N) is 1. The van der Waals surface area contributed by atoms with Crippen molar-refractivity contribution < 1.29 is 0 Å². The van der Waals surface area contributed by atoms with Crippen molar-refractivity contribution in [2.24, 2.45) is 5.73 Å². The van der Waals surface area contributed by atoms with Crippen LogP contribution in [0.15, 0.2) is 46.9 Å². The Bertz CT molecular complexity index is 596. The molecule has 0 fully saturated rings. The monoisotopic (exact) mass is 320 g/mol. The van der Waals surface area contributed by atoms with E-state index < -0.39 is 0 Å². The second kappa shape index (κ2) is 5.50. The molecule has 0 atom stereocenters. The summed E-state index contributed by atoms with van der Waals surface area (Å²) in [4.78, 5) is 0.423. The van der Waals surface area contributed by atoms with E-state index in [-0.39, 0.29) is 0 Å². The molecule has 0 aliphatic heterocycles. The van der Waals surface area contributed by atoms with Crippen LogP contribution in [0.5, 0.6) is 0 Å². The third kappa shape index (κ3) is 3.09. The SMILES string of the molecule is Cc1cc(C(N)=S)ccc1Nc1cccc(Br)c1. The molecule has 0 bridgehead atoms.